The number of para-hydroxylation sites is 2. The number of nitrogens with one attached hydrogen (secondary N) is 2. The Labute approximate surface area is 150 Å². The maximum absolute atomic E-state index is 5.64. The summed E-state index contributed by atoms with van der Waals surface area (Å²) in [5, 5.41) is 7.32. The van der Waals surface area contributed by atoms with Crippen LogP contribution in [-0.4, -0.2) is 11.7 Å². The van der Waals surface area contributed by atoms with E-state index in [1.54, 1.807) is 0 Å². The predicted octanol–water partition coefficient (Wildman–Crippen LogP) is 5.08. The summed E-state index contributed by atoms with van der Waals surface area (Å²) in [5.74, 6) is 1.22. The fourth-order valence-corrected chi connectivity index (χ4v) is 2.93. The summed E-state index contributed by atoms with van der Waals surface area (Å²) in [6, 6.07) is 16.4. The van der Waals surface area contributed by atoms with Crippen molar-refractivity contribution in [2.45, 2.75) is 33.7 Å². The third-order valence-electron chi connectivity index (χ3n) is 3.91. The lowest BCUT2D eigenvalue weighted by molar-refractivity contribution is 0.342. The van der Waals surface area contributed by atoms with Gasteiger partial charge in [-0.05, 0) is 55.2 Å². The second-order valence-electron chi connectivity index (χ2n) is 6.11. The normalized spacial score (nSPS) is 11.9. The lowest BCUT2D eigenvalue weighted by Crippen LogP contribution is -2.35. The van der Waals surface area contributed by atoms with Gasteiger partial charge in [0, 0.05) is 0 Å². The van der Waals surface area contributed by atoms with E-state index in [0.717, 1.165) is 11.4 Å². The molecule has 0 unspecified atom stereocenters. The molecule has 2 N–H and O–H groups in total. The topological polar surface area (TPSA) is 33.3 Å². The summed E-state index contributed by atoms with van der Waals surface area (Å²) in [6.07, 6.45) is 0. The highest BCUT2D eigenvalue weighted by molar-refractivity contribution is 7.80. The molecular weight excluding hydrogens is 316 g/mol. The van der Waals surface area contributed by atoms with Crippen LogP contribution in [0.3, 0.4) is 0 Å². The van der Waals surface area contributed by atoms with Crippen molar-refractivity contribution >= 4 is 23.0 Å². The number of hydrogen-bond donors (Lipinski definition) is 2. The summed E-state index contributed by atoms with van der Waals surface area (Å²) in [5.41, 5.74) is 3.42. The molecule has 0 aliphatic rings. The first-order valence-electron chi connectivity index (χ1n) is 8.37. The number of hydrogen-bond acceptors (Lipinski definition) is 2. The van der Waals surface area contributed by atoms with Crippen LogP contribution in [0.1, 0.15) is 37.9 Å². The molecule has 4 heteroatoms. The minimum absolute atomic E-state index is 0.158. The molecule has 24 heavy (non-hydrogen) atoms. The smallest absolute Gasteiger partial charge is 0.171 e. The molecule has 0 radical (unpaired) electrons. The van der Waals surface area contributed by atoms with Gasteiger partial charge < -0.3 is 15.4 Å². The number of benzene rings is 2. The van der Waals surface area contributed by atoms with Gasteiger partial charge in [0.05, 0.1) is 18.3 Å². The molecule has 1 atom stereocenters. The van der Waals surface area contributed by atoms with Crippen molar-refractivity contribution in [3.05, 3.63) is 59.7 Å². The van der Waals surface area contributed by atoms with Gasteiger partial charge in [0.1, 0.15) is 5.75 Å². The average Bonchev–Trinajstić information content (AvgIpc) is 2.55. The first kappa shape index (κ1) is 18.3. The van der Waals surface area contributed by atoms with Gasteiger partial charge in [0.2, 0.25) is 0 Å². The van der Waals surface area contributed by atoms with Crippen LogP contribution in [0.4, 0.5) is 5.69 Å². The Morgan fingerprint density at radius 2 is 1.75 bits per heavy atom. The number of thiocarbonyl (C=S) groups is 1. The molecule has 0 aromatic heterocycles. The van der Waals surface area contributed by atoms with Crippen LogP contribution < -0.4 is 15.4 Å². The SMILES string of the molecule is CCOc1ccccc1NC(=S)N[C@@H](c1ccccc1C)C(C)C. The van der Waals surface area contributed by atoms with Crippen LogP contribution >= 0.6 is 12.2 Å². The molecule has 0 heterocycles. The highest BCUT2D eigenvalue weighted by Gasteiger charge is 2.18. The first-order valence-corrected chi connectivity index (χ1v) is 8.78. The van der Waals surface area contributed by atoms with E-state index in [0.29, 0.717) is 17.6 Å². The molecule has 2 aromatic carbocycles. The van der Waals surface area contributed by atoms with Gasteiger partial charge in [0.25, 0.3) is 0 Å². The second kappa shape index (κ2) is 8.69. The van der Waals surface area contributed by atoms with Crippen molar-refractivity contribution in [1.82, 2.24) is 5.32 Å². The van der Waals surface area contributed by atoms with Crippen LogP contribution in [0.15, 0.2) is 48.5 Å². The maximum Gasteiger partial charge on any atom is 0.171 e. The number of anilines is 1. The molecule has 0 spiro atoms. The molecule has 0 fully saturated rings. The standard InChI is InChI=1S/C20H26N2OS/c1-5-23-18-13-9-8-12-17(18)21-20(24)22-19(14(2)3)16-11-7-6-10-15(16)4/h6-14,19H,5H2,1-4H3,(H2,21,22,24)/t19-/m1/s1. The fourth-order valence-electron chi connectivity index (χ4n) is 2.69. The van der Waals surface area contributed by atoms with Crippen molar-refractivity contribution in [2.75, 3.05) is 11.9 Å². The molecule has 2 aromatic rings. The maximum atomic E-state index is 5.64. The number of aryl methyl sites for hydroxylation is 1. The molecular formula is C20H26N2OS. The van der Waals surface area contributed by atoms with Crippen molar-refractivity contribution < 1.29 is 4.74 Å². The summed E-state index contributed by atoms with van der Waals surface area (Å²) < 4.78 is 5.64. The Balaban J connectivity index is 2.14. The van der Waals surface area contributed by atoms with E-state index < -0.39 is 0 Å². The third-order valence-corrected chi connectivity index (χ3v) is 4.13. The monoisotopic (exact) mass is 342 g/mol. The second-order valence-corrected chi connectivity index (χ2v) is 6.51. The summed E-state index contributed by atoms with van der Waals surface area (Å²) in [6.45, 7) is 9.12. The average molecular weight is 343 g/mol. The van der Waals surface area contributed by atoms with Gasteiger partial charge in [-0.2, -0.15) is 0 Å². The van der Waals surface area contributed by atoms with Crippen LogP contribution in [0, 0.1) is 12.8 Å². The Morgan fingerprint density at radius 1 is 1.08 bits per heavy atom. The molecule has 2 rings (SSSR count). The Bertz CT molecular complexity index is 685. The van der Waals surface area contributed by atoms with E-state index in [-0.39, 0.29) is 6.04 Å². The molecule has 128 valence electrons. The summed E-state index contributed by atoms with van der Waals surface area (Å²) in [7, 11) is 0. The van der Waals surface area contributed by atoms with E-state index in [9.17, 15) is 0 Å². The van der Waals surface area contributed by atoms with Crippen molar-refractivity contribution in [3.63, 3.8) is 0 Å². The lowest BCUT2D eigenvalue weighted by atomic mass is 9.93. The zero-order valence-electron chi connectivity index (χ0n) is 14.8. The van der Waals surface area contributed by atoms with Gasteiger partial charge in [0.15, 0.2) is 5.11 Å². The summed E-state index contributed by atoms with van der Waals surface area (Å²) in [4.78, 5) is 0. The van der Waals surface area contributed by atoms with Crippen LogP contribution in [-0.2, 0) is 0 Å². The number of rotatable bonds is 6. The van der Waals surface area contributed by atoms with Gasteiger partial charge in [-0.1, -0.05) is 50.2 Å². The van der Waals surface area contributed by atoms with E-state index in [1.807, 2.05) is 31.2 Å². The molecule has 0 aliphatic carbocycles. The third kappa shape index (κ3) is 4.71. The number of ether oxygens (including phenoxy) is 1. The van der Waals surface area contributed by atoms with Crippen molar-refractivity contribution in [3.8, 4) is 5.75 Å². The minimum Gasteiger partial charge on any atom is -0.492 e. The zero-order chi connectivity index (χ0) is 17.5. The van der Waals surface area contributed by atoms with E-state index in [4.69, 9.17) is 17.0 Å². The zero-order valence-corrected chi connectivity index (χ0v) is 15.6. The van der Waals surface area contributed by atoms with Gasteiger partial charge in [-0.15, -0.1) is 0 Å². The molecule has 0 saturated carbocycles. The van der Waals surface area contributed by atoms with Gasteiger partial charge in [-0.3, -0.25) is 0 Å². The molecule has 0 amide bonds. The first-order chi connectivity index (χ1) is 11.5. The van der Waals surface area contributed by atoms with Crippen molar-refractivity contribution in [2.24, 2.45) is 5.92 Å². The minimum atomic E-state index is 0.158. The quantitative estimate of drug-likeness (QED) is 0.718. The van der Waals surface area contributed by atoms with E-state index in [1.165, 1.54) is 11.1 Å². The lowest BCUT2D eigenvalue weighted by Gasteiger charge is -2.26. The van der Waals surface area contributed by atoms with E-state index in [2.05, 4.69) is 55.7 Å². The Kier molecular flexibility index (Phi) is 6.62. The molecule has 0 bridgehead atoms. The Morgan fingerprint density at radius 3 is 2.42 bits per heavy atom. The largest absolute Gasteiger partial charge is 0.492 e. The van der Waals surface area contributed by atoms with Crippen LogP contribution in [0.2, 0.25) is 0 Å². The van der Waals surface area contributed by atoms with Crippen molar-refractivity contribution in [1.29, 1.82) is 0 Å². The molecule has 3 nitrogen and oxygen atoms in total. The van der Waals surface area contributed by atoms with E-state index >= 15 is 0 Å². The summed E-state index contributed by atoms with van der Waals surface area (Å²) >= 11 is 5.54. The highest BCUT2D eigenvalue weighted by Crippen LogP contribution is 2.26. The van der Waals surface area contributed by atoms with Gasteiger partial charge >= 0.3 is 0 Å². The Hall–Kier alpha value is -2.07. The van der Waals surface area contributed by atoms with Crippen LogP contribution in [0.5, 0.6) is 5.75 Å². The highest BCUT2D eigenvalue weighted by atomic mass is 32.1. The van der Waals surface area contributed by atoms with Crippen LogP contribution in [0.25, 0.3) is 0 Å². The molecule has 0 saturated heterocycles. The molecule has 0 aliphatic heterocycles. The fraction of sp³-hybridized carbons (Fsp3) is 0.350. The van der Waals surface area contributed by atoms with Gasteiger partial charge in [-0.25, -0.2) is 0 Å². The predicted molar refractivity (Wildman–Crippen MR) is 106 cm³/mol.